The third-order valence-electron chi connectivity index (χ3n) is 10.8. The summed E-state index contributed by atoms with van der Waals surface area (Å²) in [5, 5.41) is 34.4. The first-order valence-corrected chi connectivity index (χ1v) is 25.4. The lowest BCUT2D eigenvalue weighted by molar-refractivity contribution is 0.0577. The number of aliphatic hydroxyl groups is 1. The second kappa shape index (κ2) is 20.7. The molecule has 2 heterocycles. The Morgan fingerprint density at radius 1 is 0.824 bits per heavy atom. The van der Waals surface area contributed by atoms with Gasteiger partial charge in [-0.2, -0.15) is 9.10 Å². The number of methoxy groups -OCH3 is 3. The fraction of sp³-hybridized carbons (Fsp3) is 0.283. The highest BCUT2D eigenvalue weighted by Gasteiger charge is 2.38. The Hall–Kier alpha value is -6.01. The Bertz CT molecular complexity index is 3080. The molecule has 68 heavy (non-hydrogen) atoms. The Balaban J connectivity index is 1.46. The number of carbonyl (C=O) groups is 1. The molecule has 3 N–H and O–H groups in total. The van der Waals surface area contributed by atoms with Crippen LogP contribution in [0.1, 0.15) is 37.5 Å². The molecule has 5 aromatic carbocycles. The lowest BCUT2D eigenvalue weighted by Gasteiger charge is -2.34. The number of hydrogen-bond donors (Lipinski definition) is 3. The smallest absolute Gasteiger partial charge is 0.407 e. The number of aromatic nitrogens is 5. The van der Waals surface area contributed by atoms with Crippen LogP contribution in [0.25, 0.3) is 32.7 Å². The number of nitrogens with zero attached hydrogens (tertiary/aromatic N) is 7. The number of benzene rings is 5. The first kappa shape index (κ1) is 49.9. The van der Waals surface area contributed by atoms with Crippen LogP contribution in [-0.2, 0) is 39.7 Å². The van der Waals surface area contributed by atoms with E-state index in [1.807, 2.05) is 18.2 Å². The number of ether oxygens (including phenoxy) is 3. The maximum atomic E-state index is 16.0. The van der Waals surface area contributed by atoms with Gasteiger partial charge in [-0.05, 0) is 124 Å². The molecule has 0 spiro atoms. The molecule has 0 aliphatic carbocycles. The van der Waals surface area contributed by atoms with Gasteiger partial charge in [0.15, 0.2) is 3.92 Å². The van der Waals surface area contributed by atoms with E-state index in [0.717, 1.165) is 19.5 Å². The number of fused-ring (bicyclic) bond motifs is 1. The zero-order valence-corrected chi connectivity index (χ0v) is 41.9. The van der Waals surface area contributed by atoms with Crippen molar-refractivity contribution >= 4 is 63.6 Å². The van der Waals surface area contributed by atoms with Gasteiger partial charge in [-0.3, -0.25) is 0 Å². The van der Waals surface area contributed by atoms with E-state index >= 15 is 8.42 Å². The molecule has 7 aromatic rings. The summed E-state index contributed by atoms with van der Waals surface area (Å²) in [5.41, 5.74) is 2.05. The van der Waals surface area contributed by atoms with Crippen molar-refractivity contribution in [2.45, 2.75) is 61.8 Å². The summed E-state index contributed by atoms with van der Waals surface area (Å²) in [6, 6.07) is 28.7. The maximum Gasteiger partial charge on any atom is 0.407 e. The minimum absolute atomic E-state index is 0.105. The fourth-order valence-electron chi connectivity index (χ4n) is 7.29. The van der Waals surface area contributed by atoms with Crippen molar-refractivity contribution in [3.05, 3.63) is 124 Å². The summed E-state index contributed by atoms with van der Waals surface area (Å²) in [6.45, 7) is 3.41. The number of tetrazole rings is 1. The van der Waals surface area contributed by atoms with Crippen molar-refractivity contribution in [1.82, 2.24) is 39.1 Å². The van der Waals surface area contributed by atoms with Crippen molar-refractivity contribution in [1.29, 1.82) is 0 Å². The average molecular weight is 1050 g/mol. The maximum absolute atomic E-state index is 16.0. The van der Waals surface area contributed by atoms with Gasteiger partial charge in [0.1, 0.15) is 27.0 Å². The van der Waals surface area contributed by atoms with Gasteiger partial charge in [0.25, 0.3) is 0 Å². The Labute approximate surface area is 406 Å². The van der Waals surface area contributed by atoms with E-state index in [2.05, 4.69) is 35.9 Å². The molecule has 0 aliphatic rings. The van der Waals surface area contributed by atoms with E-state index in [0.29, 0.717) is 43.4 Å². The average Bonchev–Trinajstić information content (AvgIpc) is 3.94. The van der Waals surface area contributed by atoms with Gasteiger partial charge in [-0.15, -0.1) is 21.5 Å². The SMILES string of the molecule is COc1ccc(CN(Cc2ccc(OC)cc2)S(=O)(=O)c2c(S(=O)(=O)NC[C@H](O)CN(C(=O)O)C(C)(C)C)ccc(-c3ccc4sc(Br)nc4c3)c2-c2nnn(Cc3ccc(OC)cc3)n2)cc1. The molecular formula is C46H49BrN8O10S3. The molecule has 0 fully saturated rings. The summed E-state index contributed by atoms with van der Waals surface area (Å²) in [6.07, 6.45) is -2.86. The molecule has 1 amide bonds. The standard InChI is InChI=1S/C46H49BrN8O10S3/c1-46(2,3)54(45(57)58)28-33(56)24-48-67(59,60)40-22-20-37(32-13-21-39-38(23-32)49-44(47)66-39)41(43-50-52-55(51-43)27-31-11-18-36(65-6)19-12-31)42(40)68(61,62)53(25-29-7-14-34(63-4)15-8-29)26-30-9-16-35(64-5)17-10-30/h7-23,33,48,56H,24-28H2,1-6H3,(H,57,58)/t33-/m0/s1. The predicted molar refractivity (Wildman–Crippen MR) is 260 cm³/mol. The van der Waals surface area contributed by atoms with Crippen molar-refractivity contribution < 1.29 is 46.1 Å². The molecule has 22 heteroatoms. The molecule has 0 aliphatic heterocycles. The second-order valence-electron chi connectivity index (χ2n) is 16.5. The summed E-state index contributed by atoms with van der Waals surface area (Å²) in [5.74, 6) is 1.50. The fourth-order valence-corrected chi connectivity index (χ4v) is 12.2. The van der Waals surface area contributed by atoms with Gasteiger partial charge >= 0.3 is 6.09 Å². The zero-order chi connectivity index (χ0) is 49.0. The molecule has 0 unspecified atom stereocenters. The highest BCUT2D eigenvalue weighted by atomic mass is 79.9. The number of rotatable bonds is 19. The molecule has 18 nitrogen and oxygen atoms in total. The van der Waals surface area contributed by atoms with Crippen LogP contribution in [0.15, 0.2) is 117 Å². The third kappa shape index (κ3) is 11.5. The number of halogens is 1. The zero-order valence-electron chi connectivity index (χ0n) is 37.8. The van der Waals surface area contributed by atoms with Gasteiger partial charge in [0.2, 0.25) is 25.9 Å². The van der Waals surface area contributed by atoms with Crippen LogP contribution >= 0.6 is 27.3 Å². The number of carboxylic acid groups (broad SMARTS) is 1. The van der Waals surface area contributed by atoms with Crippen LogP contribution in [0.2, 0.25) is 0 Å². The molecule has 7 rings (SSSR count). The molecule has 0 saturated heterocycles. The summed E-state index contributed by atoms with van der Waals surface area (Å²) in [4.78, 5) is 17.6. The Morgan fingerprint density at radius 2 is 1.38 bits per heavy atom. The van der Waals surface area contributed by atoms with Gasteiger partial charge in [-0.1, -0.05) is 48.5 Å². The van der Waals surface area contributed by atoms with E-state index in [9.17, 15) is 23.4 Å². The number of hydrogen-bond acceptors (Lipinski definition) is 14. The van der Waals surface area contributed by atoms with Crippen LogP contribution in [0, 0.1) is 0 Å². The predicted octanol–water partition coefficient (Wildman–Crippen LogP) is 7.26. The number of sulfonamides is 2. The van der Waals surface area contributed by atoms with E-state index in [-0.39, 0.29) is 36.6 Å². The largest absolute Gasteiger partial charge is 0.497 e. The Morgan fingerprint density at radius 3 is 1.91 bits per heavy atom. The summed E-state index contributed by atoms with van der Waals surface area (Å²) < 4.78 is 82.8. The van der Waals surface area contributed by atoms with Crippen molar-refractivity contribution in [2.24, 2.45) is 0 Å². The van der Waals surface area contributed by atoms with Crippen LogP contribution in [0.5, 0.6) is 17.2 Å². The van der Waals surface area contributed by atoms with E-state index in [4.69, 9.17) is 19.3 Å². The molecule has 1 atom stereocenters. The molecule has 0 radical (unpaired) electrons. The van der Waals surface area contributed by atoms with E-state index in [1.54, 1.807) is 101 Å². The van der Waals surface area contributed by atoms with Crippen LogP contribution in [0.4, 0.5) is 4.79 Å². The molecule has 0 saturated carbocycles. The second-order valence-corrected chi connectivity index (χ2v) is 22.4. The molecular weight excluding hydrogens is 1000 g/mol. The van der Waals surface area contributed by atoms with Crippen LogP contribution in [0.3, 0.4) is 0 Å². The first-order chi connectivity index (χ1) is 32.3. The molecule has 0 bridgehead atoms. The lowest BCUT2D eigenvalue weighted by Crippen LogP contribution is -2.50. The van der Waals surface area contributed by atoms with E-state index < -0.39 is 60.7 Å². The van der Waals surface area contributed by atoms with E-state index in [1.165, 1.54) is 42.5 Å². The first-order valence-electron chi connectivity index (χ1n) is 20.9. The van der Waals surface area contributed by atoms with Gasteiger partial charge in [0, 0.05) is 25.2 Å². The van der Waals surface area contributed by atoms with Gasteiger partial charge in [0.05, 0.1) is 56.3 Å². The minimum atomic E-state index is -4.98. The summed E-state index contributed by atoms with van der Waals surface area (Å²) >= 11 is 4.85. The normalized spacial score (nSPS) is 12.6. The third-order valence-corrected chi connectivity index (χ3v) is 15.8. The van der Waals surface area contributed by atoms with Crippen molar-refractivity contribution in [3.8, 4) is 39.8 Å². The van der Waals surface area contributed by atoms with Crippen molar-refractivity contribution in [2.75, 3.05) is 34.4 Å². The number of nitrogens with one attached hydrogen (secondary N) is 1. The molecule has 2 aromatic heterocycles. The number of aliphatic hydroxyl groups excluding tert-OH is 1. The minimum Gasteiger partial charge on any atom is -0.497 e. The highest BCUT2D eigenvalue weighted by Crippen LogP contribution is 2.42. The monoisotopic (exact) mass is 1050 g/mol. The number of amides is 1. The Kier molecular flexibility index (Phi) is 15.2. The van der Waals surface area contributed by atoms with Crippen LogP contribution < -0.4 is 18.9 Å². The highest BCUT2D eigenvalue weighted by molar-refractivity contribution is 9.11. The quantitative estimate of drug-likeness (QED) is 0.0725. The van der Waals surface area contributed by atoms with Crippen molar-refractivity contribution in [3.63, 3.8) is 0 Å². The van der Waals surface area contributed by atoms with Gasteiger partial charge < -0.3 is 29.3 Å². The topological polar surface area (TPSA) is 228 Å². The number of β-amino-alcohol motifs (C(OH)–C–C–N with tert-alkyl or cyclic N) is 1. The molecule has 358 valence electrons. The van der Waals surface area contributed by atoms with Gasteiger partial charge in [-0.25, -0.2) is 31.3 Å². The number of thiazole rings is 1. The summed E-state index contributed by atoms with van der Waals surface area (Å²) in [7, 11) is -5.30. The lowest BCUT2D eigenvalue weighted by atomic mass is 9.99. The van der Waals surface area contributed by atoms with Crippen LogP contribution in [-0.4, -0.2) is 114 Å².